The van der Waals surface area contributed by atoms with Crippen molar-refractivity contribution in [1.29, 1.82) is 0 Å². The van der Waals surface area contributed by atoms with Crippen LogP contribution in [0.15, 0.2) is 36.5 Å². The summed E-state index contributed by atoms with van der Waals surface area (Å²) in [5.74, 6) is 0.741. The molecule has 1 aromatic carbocycles. The van der Waals surface area contributed by atoms with E-state index in [1.807, 2.05) is 12.3 Å². The fourth-order valence-corrected chi connectivity index (χ4v) is 3.24. The number of pyridine rings is 1. The standard InChI is InChI=1S/C17H23N3/c1-13-11-20(2)12-16(13)18-10-8-15-6-3-5-14-7-4-9-19-17(14)15/h3-7,9,13,16,18H,8,10-12H2,1-2H3. The van der Waals surface area contributed by atoms with E-state index in [0.717, 1.165) is 30.9 Å². The Balaban J connectivity index is 1.63. The summed E-state index contributed by atoms with van der Waals surface area (Å²) in [5, 5.41) is 4.94. The lowest BCUT2D eigenvalue weighted by atomic mass is 10.0. The lowest BCUT2D eigenvalue weighted by molar-refractivity contribution is 0.396. The van der Waals surface area contributed by atoms with Crippen LogP contribution in [-0.2, 0) is 6.42 Å². The molecule has 0 bridgehead atoms. The Hall–Kier alpha value is -1.45. The molecule has 0 amide bonds. The van der Waals surface area contributed by atoms with Crippen LogP contribution in [0.4, 0.5) is 0 Å². The molecule has 3 rings (SSSR count). The number of likely N-dealkylation sites (tertiary alicyclic amines) is 1. The summed E-state index contributed by atoms with van der Waals surface area (Å²) in [6.07, 6.45) is 2.93. The smallest absolute Gasteiger partial charge is 0.0734 e. The van der Waals surface area contributed by atoms with Gasteiger partial charge in [-0.15, -0.1) is 0 Å². The van der Waals surface area contributed by atoms with Crippen LogP contribution >= 0.6 is 0 Å². The van der Waals surface area contributed by atoms with Crippen molar-refractivity contribution in [1.82, 2.24) is 15.2 Å². The molecule has 0 aliphatic carbocycles. The molecule has 1 aromatic heterocycles. The highest BCUT2D eigenvalue weighted by molar-refractivity contribution is 5.81. The van der Waals surface area contributed by atoms with Gasteiger partial charge < -0.3 is 10.2 Å². The molecule has 1 fully saturated rings. The number of fused-ring (bicyclic) bond motifs is 1. The summed E-state index contributed by atoms with van der Waals surface area (Å²) < 4.78 is 0. The number of rotatable bonds is 4. The number of nitrogens with one attached hydrogen (secondary N) is 1. The van der Waals surface area contributed by atoms with Crippen LogP contribution in [0, 0.1) is 5.92 Å². The molecule has 1 aliphatic rings. The largest absolute Gasteiger partial charge is 0.312 e. The zero-order valence-corrected chi connectivity index (χ0v) is 12.3. The van der Waals surface area contributed by atoms with Gasteiger partial charge >= 0.3 is 0 Å². The SMILES string of the molecule is CC1CN(C)CC1NCCc1cccc2cccnc12. The molecule has 2 heterocycles. The molecule has 3 heteroatoms. The van der Waals surface area contributed by atoms with Crippen LogP contribution in [0.2, 0.25) is 0 Å². The minimum atomic E-state index is 0.628. The minimum absolute atomic E-state index is 0.628. The molecule has 2 unspecified atom stereocenters. The van der Waals surface area contributed by atoms with Crippen LogP contribution in [0.1, 0.15) is 12.5 Å². The maximum Gasteiger partial charge on any atom is 0.0734 e. The van der Waals surface area contributed by atoms with Crippen LogP contribution in [0.3, 0.4) is 0 Å². The first-order valence-electron chi connectivity index (χ1n) is 7.48. The van der Waals surface area contributed by atoms with Gasteiger partial charge in [0.2, 0.25) is 0 Å². The second kappa shape index (κ2) is 5.90. The highest BCUT2D eigenvalue weighted by atomic mass is 15.2. The van der Waals surface area contributed by atoms with Crippen molar-refractivity contribution in [2.75, 3.05) is 26.7 Å². The predicted octanol–water partition coefficient (Wildman–Crippen LogP) is 2.32. The number of hydrogen-bond acceptors (Lipinski definition) is 3. The number of likely N-dealkylation sites (N-methyl/N-ethyl adjacent to an activating group) is 1. The third kappa shape index (κ3) is 2.84. The monoisotopic (exact) mass is 269 g/mol. The Labute approximate surface area is 121 Å². The van der Waals surface area contributed by atoms with E-state index in [4.69, 9.17) is 0 Å². The molecular weight excluding hydrogens is 246 g/mol. The topological polar surface area (TPSA) is 28.2 Å². The summed E-state index contributed by atoms with van der Waals surface area (Å²) >= 11 is 0. The second-order valence-corrected chi connectivity index (χ2v) is 6.00. The number of hydrogen-bond donors (Lipinski definition) is 1. The lowest BCUT2D eigenvalue weighted by Gasteiger charge is -2.16. The van der Waals surface area contributed by atoms with Gasteiger partial charge in [0.05, 0.1) is 5.52 Å². The summed E-state index contributed by atoms with van der Waals surface area (Å²) in [7, 11) is 2.20. The number of aromatic nitrogens is 1. The first-order valence-corrected chi connectivity index (χ1v) is 7.48. The third-order valence-electron chi connectivity index (χ3n) is 4.31. The van der Waals surface area contributed by atoms with E-state index in [2.05, 4.69) is 53.4 Å². The van der Waals surface area contributed by atoms with Crippen molar-refractivity contribution in [2.24, 2.45) is 5.92 Å². The Morgan fingerprint density at radius 3 is 2.90 bits per heavy atom. The first kappa shape index (κ1) is 13.5. The van der Waals surface area contributed by atoms with E-state index in [1.165, 1.54) is 17.5 Å². The second-order valence-electron chi connectivity index (χ2n) is 6.00. The highest BCUT2D eigenvalue weighted by Gasteiger charge is 2.26. The van der Waals surface area contributed by atoms with Crippen molar-refractivity contribution in [3.63, 3.8) is 0 Å². The van der Waals surface area contributed by atoms with E-state index in [0.29, 0.717) is 6.04 Å². The van der Waals surface area contributed by atoms with Gasteiger partial charge in [-0.2, -0.15) is 0 Å². The first-order chi connectivity index (χ1) is 9.74. The van der Waals surface area contributed by atoms with Gasteiger partial charge in [-0.05, 0) is 37.6 Å². The Morgan fingerprint density at radius 1 is 1.25 bits per heavy atom. The molecule has 106 valence electrons. The average molecular weight is 269 g/mol. The van der Waals surface area contributed by atoms with Gasteiger partial charge in [-0.25, -0.2) is 0 Å². The quantitative estimate of drug-likeness (QED) is 0.923. The molecule has 2 atom stereocenters. The minimum Gasteiger partial charge on any atom is -0.312 e. The summed E-state index contributed by atoms with van der Waals surface area (Å²) in [6.45, 7) is 5.72. The number of para-hydroxylation sites is 1. The third-order valence-corrected chi connectivity index (χ3v) is 4.31. The van der Waals surface area contributed by atoms with Crippen LogP contribution in [-0.4, -0.2) is 42.6 Å². The van der Waals surface area contributed by atoms with E-state index >= 15 is 0 Å². The summed E-state index contributed by atoms with van der Waals surface area (Å²) in [6, 6.07) is 11.2. The van der Waals surface area contributed by atoms with Gasteiger partial charge in [0.15, 0.2) is 0 Å². The van der Waals surface area contributed by atoms with Gasteiger partial charge in [0, 0.05) is 30.7 Å². The van der Waals surface area contributed by atoms with Crippen LogP contribution in [0.25, 0.3) is 10.9 Å². The Kier molecular flexibility index (Phi) is 3.99. The molecule has 0 radical (unpaired) electrons. The number of nitrogens with zero attached hydrogens (tertiary/aromatic N) is 2. The van der Waals surface area contributed by atoms with Crippen molar-refractivity contribution in [3.05, 3.63) is 42.1 Å². The van der Waals surface area contributed by atoms with Gasteiger partial charge in [-0.1, -0.05) is 31.2 Å². The Morgan fingerprint density at radius 2 is 2.10 bits per heavy atom. The van der Waals surface area contributed by atoms with Crippen LogP contribution < -0.4 is 5.32 Å². The molecule has 1 N–H and O–H groups in total. The van der Waals surface area contributed by atoms with Crippen molar-refractivity contribution < 1.29 is 0 Å². The molecule has 2 aromatic rings. The molecule has 1 aliphatic heterocycles. The molecule has 3 nitrogen and oxygen atoms in total. The molecule has 1 saturated heterocycles. The lowest BCUT2D eigenvalue weighted by Crippen LogP contribution is -2.36. The predicted molar refractivity (Wildman–Crippen MR) is 83.9 cm³/mol. The van der Waals surface area contributed by atoms with Crippen molar-refractivity contribution in [2.45, 2.75) is 19.4 Å². The molecule has 0 saturated carbocycles. The van der Waals surface area contributed by atoms with Crippen molar-refractivity contribution in [3.8, 4) is 0 Å². The van der Waals surface area contributed by atoms with E-state index < -0.39 is 0 Å². The Bertz CT molecular complexity index is 576. The normalized spacial score (nSPS) is 23.5. The molecular formula is C17H23N3. The average Bonchev–Trinajstić information content (AvgIpc) is 2.77. The van der Waals surface area contributed by atoms with Gasteiger partial charge in [0.25, 0.3) is 0 Å². The highest BCUT2D eigenvalue weighted by Crippen LogP contribution is 2.17. The maximum atomic E-state index is 4.52. The maximum absolute atomic E-state index is 4.52. The van der Waals surface area contributed by atoms with Crippen molar-refractivity contribution >= 4 is 10.9 Å². The van der Waals surface area contributed by atoms with E-state index in [-0.39, 0.29) is 0 Å². The van der Waals surface area contributed by atoms with Crippen LogP contribution in [0.5, 0.6) is 0 Å². The van der Waals surface area contributed by atoms with E-state index in [9.17, 15) is 0 Å². The van der Waals surface area contributed by atoms with Gasteiger partial charge in [0.1, 0.15) is 0 Å². The molecule has 0 spiro atoms. The zero-order valence-electron chi connectivity index (χ0n) is 12.3. The summed E-state index contributed by atoms with van der Waals surface area (Å²) in [5.41, 5.74) is 2.49. The summed E-state index contributed by atoms with van der Waals surface area (Å²) in [4.78, 5) is 6.93. The van der Waals surface area contributed by atoms with Gasteiger partial charge in [-0.3, -0.25) is 4.98 Å². The fraction of sp³-hybridized carbons (Fsp3) is 0.471. The zero-order chi connectivity index (χ0) is 13.9. The molecule has 20 heavy (non-hydrogen) atoms. The fourth-order valence-electron chi connectivity index (χ4n) is 3.24. The van der Waals surface area contributed by atoms with E-state index in [1.54, 1.807) is 0 Å². The number of benzene rings is 1.